The highest BCUT2D eigenvalue weighted by Crippen LogP contribution is 2.28. The van der Waals surface area contributed by atoms with Gasteiger partial charge in [0, 0.05) is 17.3 Å². The summed E-state index contributed by atoms with van der Waals surface area (Å²) in [6.45, 7) is 5.58. The molecule has 3 rings (SSSR count). The van der Waals surface area contributed by atoms with Gasteiger partial charge in [0.05, 0.1) is 38.2 Å². The highest BCUT2D eigenvalue weighted by molar-refractivity contribution is 6.01. The third kappa shape index (κ3) is 9.65. The Labute approximate surface area is 245 Å². The van der Waals surface area contributed by atoms with Gasteiger partial charge in [0.2, 0.25) is 5.91 Å². The number of hydrogen-bond donors (Lipinski definition) is 4. The van der Waals surface area contributed by atoms with Crippen LogP contribution in [0.4, 0.5) is 21.9 Å². The van der Waals surface area contributed by atoms with E-state index in [0.29, 0.717) is 40.4 Å². The van der Waals surface area contributed by atoms with Crippen molar-refractivity contribution in [3.8, 4) is 5.75 Å². The minimum atomic E-state index is -1.02. The first-order chi connectivity index (χ1) is 20.1. The van der Waals surface area contributed by atoms with Crippen LogP contribution in [0.25, 0.3) is 0 Å². The van der Waals surface area contributed by atoms with Crippen molar-refractivity contribution < 1.29 is 33.8 Å². The third-order valence-corrected chi connectivity index (χ3v) is 6.68. The van der Waals surface area contributed by atoms with E-state index in [1.807, 2.05) is 32.0 Å². The molecule has 2 atom stereocenters. The summed E-state index contributed by atoms with van der Waals surface area (Å²) in [4.78, 5) is 48.9. The number of ether oxygens (including phenoxy) is 2. The molecular weight excluding hydrogens is 538 g/mol. The van der Waals surface area contributed by atoms with Gasteiger partial charge in [-0.2, -0.15) is 0 Å². The van der Waals surface area contributed by atoms with E-state index in [1.165, 1.54) is 7.11 Å². The SMILES string of the molecule is CCC(C)OC(=O)CC(CC(=O)O)c1ccc(NC(=O)Cc2ccc(NC(=O)Nc3ccccc3C)c(OC)c2)cc1. The molecule has 3 aromatic rings. The van der Waals surface area contributed by atoms with Crippen LogP contribution in [0.3, 0.4) is 0 Å². The van der Waals surface area contributed by atoms with Crippen LogP contribution in [0.2, 0.25) is 0 Å². The van der Waals surface area contributed by atoms with E-state index in [4.69, 9.17) is 9.47 Å². The number of benzene rings is 3. The lowest BCUT2D eigenvalue weighted by molar-refractivity contribution is -0.149. The van der Waals surface area contributed by atoms with Gasteiger partial charge < -0.3 is 30.5 Å². The first-order valence-corrected chi connectivity index (χ1v) is 13.7. The summed E-state index contributed by atoms with van der Waals surface area (Å²) in [5.41, 5.74) is 3.93. The zero-order chi connectivity index (χ0) is 30.6. The maximum atomic E-state index is 12.7. The first-order valence-electron chi connectivity index (χ1n) is 13.7. The molecule has 222 valence electrons. The Kier molecular flexibility index (Phi) is 11.5. The number of amides is 3. The predicted molar refractivity (Wildman–Crippen MR) is 161 cm³/mol. The van der Waals surface area contributed by atoms with Crippen molar-refractivity contribution >= 4 is 40.9 Å². The van der Waals surface area contributed by atoms with E-state index >= 15 is 0 Å². The number of rotatable bonds is 13. The maximum absolute atomic E-state index is 12.7. The fourth-order valence-corrected chi connectivity index (χ4v) is 4.24. The van der Waals surface area contributed by atoms with E-state index < -0.39 is 23.9 Å². The van der Waals surface area contributed by atoms with Crippen LogP contribution in [0, 0.1) is 6.92 Å². The molecule has 4 N–H and O–H groups in total. The zero-order valence-corrected chi connectivity index (χ0v) is 24.2. The zero-order valence-electron chi connectivity index (χ0n) is 24.2. The van der Waals surface area contributed by atoms with Crippen LogP contribution in [0.1, 0.15) is 55.7 Å². The van der Waals surface area contributed by atoms with Crippen LogP contribution in [-0.2, 0) is 25.5 Å². The van der Waals surface area contributed by atoms with Crippen molar-refractivity contribution in [1.82, 2.24) is 0 Å². The molecule has 0 bridgehead atoms. The summed E-state index contributed by atoms with van der Waals surface area (Å²) >= 11 is 0. The predicted octanol–water partition coefficient (Wildman–Crippen LogP) is 6.12. The van der Waals surface area contributed by atoms with Crippen LogP contribution in [-0.4, -0.2) is 42.2 Å². The van der Waals surface area contributed by atoms with Crippen molar-refractivity contribution in [3.63, 3.8) is 0 Å². The molecule has 0 aliphatic heterocycles. The second-order valence-electron chi connectivity index (χ2n) is 9.98. The van der Waals surface area contributed by atoms with Gasteiger partial charge in [-0.15, -0.1) is 0 Å². The molecule has 0 radical (unpaired) electrons. The number of para-hydroxylation sites is 1. The molecule has 0 aliphatic rings. The van der Waals surface area contributed by atoms with Crippen molar-refractivity contribution in [1.29, 1.82) is 0 Å². The fourth-order valence-electron chi connectivity index (χ4n) is 4.24. The largest absolute Gasteiger partial charge is 0.495 e. The van der Waals surface area contributed by atoms with E-state index in [2.05, 4.69) is 16.0 Å². The normalized spacial score (nSPS) is 12.0. The Bertz CT molecular complexity index is 1410. The number of carboxylic acid groups (broad SMARTS) is 1. The van der Waals surface area contributed by atoms with E-state index in [0.717, 1.165) is 5.56 Å². The van der Waals surface area contributed by atoms with Gasteiger partial charge in [-0.1, -0.05) is 43.3 Å². The van der Waals surface area contributed by atoms with Gasteiger partial charge >= 0.3 is 18.0 Å². The molecule has 0 saturated carbocycles. The number of methoxy groups -OCH3 is 1. The Hall–Kier alpha value is -4.86. The molecule has 0 spiro atoms. The summed E-state index contributed by atoms with van der Waals surface area (Å²) in [7, 11) is 1.48. The lowest BCUT2D eigenvalue weighted by atomic mass is 9.92. The van der Waals surface area contributed by atoms with Crippen molar-refractivity contribution in [2.24, 2.45) is 0 Å². The number of carbonyl (C=O) groups is 4. The monoisotopic (exact) mass is 575 g/mol. The van der Waals surface area contributed by atoms with Gasteiger partial charge in [0.1, 0.15) is 5.75 Å². The summed E-state index contributed by atoms with van der Waals surface area (Å²) in [6.07, 6.45) is 0.209. The standard InChI is InChI=1S/C32H37N3O7/c1-5-21(3)42-31(39)19-24(18-30(37)38)23-11-13-25(14-12-23)33-29(36)17-22-10-15-27(28(16-22)41-4)35-32(40)34-26-9-7-6-8-20(26)2/h6-16,21,24H,5,17-19H2,1-4H3,(H,33,36)(H,37,38)(H2,34,35,40). The molecule has 10 heteroatoms. The first kappa shape index (κ1) is 31.7. The number of urea groups is 1. The third-order valence-electron chi connectivity index (χ3n) is 6.68. The lowest BCUT2D eigenvalue weighted by Gasteiger charge is -2.17. The Morgan fingerprint density at radius 1 is 0.881 bits per heavy atom. The summed E-state index contributed by atoms with van der Waals surface area (Å²) in [5.74, 6) is -1.89. The number of nitrogens with one attached hydrogen (secondary N) is 3. The number of aryl methyl sites for hydroxylation is 1. The Balaban J connectivity index is 1.60. The minimum Gasteiger partial charge on any atom is -0.495 e. The fraction of sp³-hybridized carbons (Fsp3) is 0.312. The number of hydrogen-bond acceptors (Lipinski definition) is 6. The molecule has 0 saturated heterocycles. The molecule has 2 unspecified atom stereocenters. The molecule has 0 aromatic heterocycles. The van der Waals surface area contributed by atoms with Gasteiger partial charge in [-0.05, 0) is 67.3 Å². The maximum Gasteiger partial charge on any atom is 0.323 e. The lowest BCUT2D eigenvalue weighted by Crippen LogP contribution is -2.20. The molecule has 0 aliphatic carbocycles. The minimum absolute atomic E-state index is 0.0525. The molecule has 0 heterocycles. The smallest absolute Gasteiger partial charge is 0.323 e. The molecule has 3 amide bonds. The number of carbonyl (C=O) groups excluding carboxylic acids is 3. The number of esters is 1. The quantitative estimate of drug-likeness (QED) is 0.180. The Morgan fingerprint density at radius 3 is 2.21 bits per heavy atom. The molecule has 0 fully saturated rings. The van der Waals surface area contributed by atoms with Crippen LogP contribution in [0.5, 0.6) is 5.75 Å². The van der Waals surface area contributed by atoms with Gasteiger partial charge in [0.15, 0.2) is 0 Å². The highest BCUT2D eigenvalue weighted by atomic mass is 16.5. The average molecular weight is 576 g/mol. The highest BCUT2D eigenvalue weighted by Gasteiger charge is 2.21. The van der Waals surface area contributed by atoms with Gasteiger partial charge in [-0.25, -0.2) is 4.79 Å². The molecule has 3 aromatic carbocycles. The van der Waals surface area contributed by atoms with Gasteiger partial charge in [-0.3, -0.25) is 14.4 Å². The topological polar surface area (TPSA) is 143 Å². The van der Waals surface area contributed by atoms with E-state index in [1.54, 1.807) is 55.5 Å². The molecular formula is C32H37N3O7. The van der Waals surface area contributed by atoms with Crippen molar-refractivity contribution in [2.75, 3.05) is 23.1 Å². The van der Waals surface area contributed by atoms with E-state index in [-0.39, 0.29) is 31.3 Å². The van der Waals surface area contributed by atoms with Crippen LogP contribution >= 0.6 is 0 Å². The number of aliphatic carboxylic acids is 1. The number of carboxylic acids is 1. The molecule has 10 nitrogen and oxygen atoms in total. The summed E-state index contributed by atoms with van der Waals surface area (Å²) in [5, 5.41) is 17.7. The average Bonchev–Trinajstić information content (AvgIpc) is 2.94. The number of anilines is 3. The van der Waals surface area contributed by atoms with Crippen LogP contribution in [0.15, 0.2) is 66.7 Å². The van der Waals surface area contributed by atoms with Gasteiger partial charge in [0.25, 0.3) is 0 Å². The second-order valence-corrected chi connectivity index (χ2v) is 9.98. The molecule has 42 heavy (non-hydrogen) atoms. The summed E-state index contributed by atoms with van der Waals surface area (Å²) < 4.78 is 10.7. The second kappa shape index (κ2) is 15.2. The van der Waals surface area contributed by atoms with Crippen molar-refractivity contribution in [3.05, 3.63) is 83.4 Å². The van der Waals surface area contributed by atoms with E-state index in [9.17, 15) is 24.3 Å². The summed E-state index contributed by atoms with van der Waals surface area (Å²) in [6, 6.07) is 18.8. The van der Waals surface area contributed by atoms with Crippen LogP contribution < -0.4 is 20.7 Å². The Morgan fingerprint density at radius 2 is 1.57 bits per heavy atom. The van der Waals surface area contributed by atoms with Crippen molar-refractivity contribution in [2.45, 2.75) is 58.5 Å².